The van der Waals surface area contributed by atoms with E-state index in [4.69, 9.17) is 4.74 Å². The molecule has 1 saturated heterocycles. The molecular formula is C18H29N3O2. The molecule has 0 spiro atoms. The van der Waals surface area contributed by atoms with Crippen molar-refractivity contribution in [2.24, 2.45) is 5.92 Å². The predicted octanol–water partition coefficient (Wildman–Crippen LogP) is 1.98. The first-order chi connectivity index (χ1) is 11.0. The number of piperazine rings is 1. The van der Waals surface area contributed by atoms with Gasteiger partial charge < -0.3 is 15.0 Å². The molecule has 1 N–H and O–H groups in total. The van der Waals surface area contributed by atoms with E-state index in [1.165, 1.54) is 5.69 Å². The summed E-state index contributed by atoms with van der Waals surface area (Å²) < 4.78 is 5.20. The van der Waals surface area contributed by atoms with Gasteiger partial charge in [-0.2, -0.15) is 0 Å². The van der Waals surface area contributed by atoms with Gasteiger partial charge in [-0.1, -0.05) is 13.8 Å². The summed E-state index contributed by atoms with van der Waals surface area (Å²) in [5.74, 6) is 1.50. The quantitative estimate of drug-likeness (QED) is 0.871. The van der Waals surface area contributed by atoms with E-state index in [9.17, 15) is 4.79 Å². The van der Waals surface area contributed by atoms with Crippen molar-refractivity contribution < 1.29 is 9.53 Å². The van der Waals surface area contributed by atoms with Crippen molar-refractivity contribution in [3.05, 3.63) is 24.3 Å². The van der Waals surface area contributed by atoms with Crippen molar-refractivity contribution in [1.82, 2.24) is 10.2 Å². The number of nitrogens with zero attached hydrogens (tertiary/aromatic N) is 2. The van der Waals surface area contributed by atoms with E-state index in [-0.39, 0.29) is 11.9 Å². The van der Waals surface area contributed by atoms with E-state index in [1.54, 1.807) is 7.11 Å². The maximum absolute atomic E-state index is 12.2. The summed E-state index contributed by atoms with van der Waals surface area (Å²) >= 11 is 0. The largest absolute Gasteiger partial charge is 0.497 e. The van der Waals surface area contributed by atoms with Gasteiger partial charge in [-0.05, 0) is 37.1 Å². The molecule has 0 radical (unpaired) electrons. The lowest BCUT2D eigenvalue weighted by molar-refractivity contribution is -0.126. The molecule has 5 heteroatoms. The van der Waals surface area contributed by atoms with Crippen molar-refractivity contribution >= 4 is 11.6 Å². The summed E-state index contributed by atoms with van der Waals surface area (Å²) in [4.78, 5) is 16.8. The van der Waals surface area contributed by atoms with Crippen LogP contribution in [0.4, 0.5) is 5.69 Å². The zero-order chi connectivity index (χ0) is 16.8. The zero-order valence-corrected chi connectivity index (χ0v) is 14.7. The first-order valence-electron chi connectivity index (χ1n) is 8.42. The third kappa shape index (κ3) is 4.86. The second-order valence-electron chi connectivity index (χ2n) is 6.54. The van der Waals surface area contributed by atoms with Gasteiger partial charge in [0.1, 0.15) is 5.75 Å². The number of amides is 1. The maximum atomic E-state index is 12.2. The smallest absolute Gasteiger partial charge is 0.237 e. The molecule has 0 aromatic heterocycles. The Morgan fingerprint density at radius 2 is 1.74 bits per heavy atom. The molecule has 2 rings (SSSR count). The van der Waals surface area contributed by atoms with Gasteiger partial charge in [0.25, 0.3) is 0 Å². The Balaban J connectivity index is 1.83. The van der Waals surface area contributed by atoms with E-state index in [1.807, 2.05) is 19.1 Å². The Labute approximate surface area is 139 Å². The number of hydrogen-bond donors (Lipinski definition) is 1. The van der Waals surface area contributed by atoms with Gasteiger partial charge in [-0.3, -0.25) is 9.69 Å². The lowest BCUT2D eigenvalue weighted by Gasteiger charge is -2.38. The molecule has 1 aromatic rings. The van der Waals surface area contributed by atoms with Crippen LogP contribution < -0.4 is 15.0 Å². The van der Waals surface area contributed by atoms with Crippen LogP contribution in [0.15, 0.2) is 24.3 Å². The Morgan fingerprint density at radius 1 is 1.13 bits per heavy atom. The normalized spacial score (nSPS) is 17.2. The van der Waals surface area contributed by atoms with Gasteiger partial charge in [0.15, 0.2) is 0 Å². The van der Waals surface area contributed by atoms with Crippen molar-refractivity contribution in [2.75, 3.05) is 44.7 Å². The van der Waals surface area contributed by atoms with Crippen LogP contribution in [-0.4, -0.2) is 56.7 Å². The van der Waals surface area contributed by atoms with Gasteiger partial charge in [0.2, 0.25) is 5.91 Å². The van der Waals surface area contributed by atoms with E-state index in [0.717, 1.165) is 38.5 Å². The monoisotopic (exact) mass is 319 g/mol. The number of rotatable bonds is 6. The Bertz CT molecular complexity index is 493. The number of carbonyl (C=O) groups is 1. The van der Waals surface area contributed by atoms with E-state index in [0.29, 0.717) is 5.92 Å². The summed E-state index contributed by atoms with van der Waals surface area (Å²) in [5.41, 5.74) is 1.21. The van der Waals surface area contributed by atoms with Gasteiger partial charge in [0, 0.05) is 38.4 Å². The Hall–Kier alpha value is -1.75. The molecule has 128 valence electrons. The molecule has 23 heavy (non-hydrogen) atoms. The van der Waals surface area contributed by atoms with Crippen molar-refractivity contribution in [1.29, 1.82) is 0 Å². The standard InChI is InChI=1S/C18H29N3O2/c1-14(2)13-19-18(22)15(3)20-9-11-21(12-10-20)16-5-7-17(23-4)8-6-16/h5-8,14-15H,9-13H2,1-4H3,(H,19,22). The first kappa shape index (κ1) is 17.6. The minimum atomic E-state index is -0.0632. The third-order valence-corrected chi connectivity index (χ3v) is 4.36. The highest BCUT2D eigenvalue weighted by Gasteiger charge is 2.25. The summed E-state index contributed by atoms with van der Waals surface area (Å²) in [6, 6.07) is 8.10. The van der Waals surface area contributed by atoms with Gasteiger partial charge in [-0.25, -0.2) is 0 Å². The minimum absolute atomic E-state index is 0.0632. The highest BCUT2D eigenvalue weighted by molar-refractivity contribution is 5.81. The molecule has 1 fully saturated rings. The molecule has 1 amide bonds. The van der Waals surface area contributed by atoms with Crippen LogP contribution in [-0.2, 0) is 4.79 Å². The lowest BCUT2D eigenvalue weighted by atomic mass is 10.1. The van der Waals surface area contributed by atoms with E-state index in [2.05, 4.69) is 41.1 Å². The molecule has 1 aromatic carbocycles. The zero-order valence-electron chi connectivity index (χ0n) is 14.7. The third-order valence-electron chi connectivity index (χ3n) is 4.36. The molecule has 5 nitrogen and oxygen atoms in total. The van der Waals surface area contributed by atoms with Crippen molar-refractivity contribution in [3.8, 4) is 5.75 Å². The summed E-state index contributed by atoms with van der Waals surface area (Å²) in [5, 5.41) is 3.03. The second-order valence-corrected chi connectivity index (χ2v) is 6.54. The second kappa shape index (κ2) is 8.20. The molecule has 1 atom stereocenters. The van der Waals surface area contributed by atoms with Crippen LogP contribution in [0, 0.1) is 5.92 Å². The number of methoxy groups -OCH3 is 1. The molecule has 0 aliphatic carbocycles. The van der Waals surface area contributed by atoms with E-state index >= 15 is 0 Å². The summed E-state index contributed by atoms with van der Waals surface area (Å²) in [6.07, 6.45) is 0. The SMILES string of the molecule is COc1ccc(N2CCN(C(C)C(=O)NCC(C)C)CC2)cc1. The van der Waals surface area contributed by atoms with Crippen LogP contribution in [0.2, 0.25) is 0 Å². The fraction of sp³-hybridized carbons (Fsp3) is 0.611. The Morgan fingerprint density at radius 3 is 2.26 bits per heavy atom. The highest BCUT2D eigenvalue weighted by Crippen LogP contribution is 2.21. The van der Waals surface area contributed by atoms with Gasteiger partial charge in [-0.15, -0.1) is 0 Å². The Kier molecular flexibility index (Phi) is 6.28. The molecule has 1 unspecified atom stereocenters. The van der Waals surface area contributed by atoms with Crippen LogP contribution in [0.5, 0.6) is 5.75 Å². The predicted molar refractivity (Wildman–Crippen MR) is 94.1 cm³/mol. The summed E-state index contributed by atoms with van der Waals surface area (Å²) in [6.45, 7) is 10.7. The maximum Gasteiger partial charge on any atom is 0.237 e. The fourth-order valence-corrected chi connectivity index (χ4v) is 2.78. The van der Waals surface area contributed by atoms with Gasteiger partial charge in [0.05, 0.1) is 13.2 Å². The van der Waals surface area contributed by atoms with E-state index < -0.39 is 0 Å². The van der Waals surface area contributed by atoms with Crippen LogP contribution in [0.1, 0.15) is 20.8 Å². The molecule has 1 heterocycles. The number of anilines is 1. The fourth-order valence-electron chi connectivity index (χ4n) is 2.78. The topological polar surface area (TPSA) is 44.8 Å². The average molecular weight is 319 g/mol. The molecule has 0 saturated carbocycles. The molecular weight excluding hydrogens is 290 g/mol. The lowest BCUT2D eigenvalue weighted by Crippen LogP contribution is -2.54. The van der Waals surface area contributed by atoms with Gasteiger partial charge >= 0.3 is 0 Å². The summed E-state index contributed by atoms with van der Waals surface area (Å²) in [7, 11) is 1.68. The number of ether oxygens (including phenoxy) is 1. The number of hydrogen-bond acceptors (Lipinski definition) is 4. The van der Waals surface area contributed by atoms with Crippen molar-refractivity contribution in [2.45, 2.75) is 26.8 Å². The van der Waals surface area contributed by atoms with Crippen molar-refractivity contribution in [3.63, 3.8) is 0 Å². The first-order valence-corrected chi connectivity index (χ1v) is 8.42. The van der Waals surface area contributed by atoms with Crippen LogP contribution >= 0.6 is 0 Å². The number of carbonyl (C=O) groups excluding carboxylic acids is 1. The van der Waals surface area contributed by atoms with Crippen LogP contribution in [0.25, 0.3) is 0 Å². The molecule has 1 aliphatic rings. The highest BCUT2D eigenvalue weighted by atomic mass is 16.5. The molecule has 0 bridgehead atoms. The number of benzene rings is 1. The molecule has 1 aliphatic heterocycles. The minimum Gasteiger partial charge on any atom is -0.497 e. The van der Waals surface area contributed by atoms with Crippen LogP contribution in [0.3, 0.4) is 0 Å². The number of nitrogens with one attached hydrogen (secondary N) is 1. The average Bonchev–Trinajstić information content (AvgIpc) is 2.59.